The fraction of sp³-hybridized carbons (Fsp3) is 0.381. The van der Waals surface area contributed by atoms with E-state index in [9.17, 15) is 5.11 Å². The molecule has 4 heteroatoms. The molecule has 0 aliphatic carbocycles. The number of piperidine rings is 1. The Kier molecular flexibility index (Phi) is 6.05. The number of aliphatic hydroxyl groups is 1. The van der Waals surface area contributed by atoms with Crippen molar-refractivity contribution in [3.8, 4) is 11.8 Å². The van der Waals surface area contributed by atoms with Gasteiger partial charge in [0.25, 0.3) is 0 Å². The average Bonchev–Trinajstić information content (AvgIpc) is 2.69. The maximum Gasteiger partial charge on any atom is 0.119 e. The van der Waals surface area contributed by atoms with E-state index in [1.807, 2.05) is 42.5 Å². The first-order chi connectivity index (χ1) is 12.3. The highest BCUT2D eigenvalue weighted by Gasteiger charge is 2.25. The van der Waals surface area contributed by atoms with E-state index in [1.54, 1.807) is 12.1 Å². The Balaban J connectivity index is 1.40. The Labute approximate surface area is 149 Å². The minimum Gasteiger partial charge on any atom is -0.492 e. The summed E-state index contributed by atoms with van der Waals surface area (Å²) < 4.78 is 5.75. The second-order valence-electron chi connectivity index (χ2n) is 6.52. The zero-order valence-corrected chi connectivity index (χ0v) is 14.3. The monoisotopic (exact) mass is 336 g/mol. The van der Waals surface area contributed by atoms with Crippen molar-refractivity contribution in [3.63, 3.8) is 0 Å². The van der Waals surface area contributed by atoms with Crippen molar-refractivity contribution < 1.29 is 9.84 Å². The van der Waals surface area contributed by atoms with Gasteiger partial charge >= 0.3 is 0 Å². The van der Waals surface area contributed by atoms with Gasteiger partial charge in [0, 0.05) is 6.54 Å². The van der Waals surface area contributed by atoms with Gasteiger partial charge in [0.05, 0.1) is 17.7 Å². The van der Waals surface area contributed by atoms with Crippen molar-refractivity contribution in [2.75, 3.05) is 26.2 Å². The second-order valence-corrected chi connectivity index (χ2v) is 6.52. The molecule has 4 nitrogen and oxygen atoms in total. The van der Waals surface area contributed by atoms with Gasteiger partial charge in [0.2, 0.25) is 0 Å². The van der Waals surface area contributed by atoms with Crippen molar-refractivity contribution in [1.82, 2.24) is 4.90 Å². The molecule has 2 aromatic rings. The van der Waals surface area contributed by atoms with Crippen LogP contribution in [-0.2, 0) is 0 Å². The van der Waals surface area contributed by atoms with Crippen LogP contribution in [-0.4, -0.2) is 36.2 Å². The van der Waals surface area contributed by atoms with Crippen LogP contribution in [0.25, 0.3) is 0 Å². The maximum atomic E-state index is 10.5. The summed E-state index contributed by atoms with van der Waals surface area (Å²) in [5, 5.41) is 19.3. The highest BCUT2D eigenvalue weighted by atomic mass is 16.5. The maximum absolute atomic E-state index is 10.5. The quantitative estimate of drug-likeness (QED) is 0.878. The molecule has 0 radical (unpaired) electrons. The summed E-state index contributed by atoms with van der Waals surface area (Å²) in [6.45, 7) is 3.50. The summed E-state index contributed by atoms with van der Waals surface area (Å²) >= 11 is 0. The zero-order valence-electron chi connectivity index (χ0n) is 14.3. The summed E-state index contributed by atoms with van der Waals surface area (Å²) in [6, 6.07) is 19.3. The lowest BCUT2D eigenvalue weighted by Gasteiger charge is -2.34. The number of ether oxygens (including phenoxy) is 1. The van der Waals surface area contributed by atoms with Crippen LogP contribution < -0.4 is 4.74 Å². The van der Waals surface area contributed by atoms with Crippen molar-refractivity contribution in [2.24, 2.45) is 5.92 Å². The van der Waals surface area contributed by atoms with Gasteiger partial charge in [-0.3, -0.25) is 4.90 Å². The average molecular weight is 336 g/mol. The third-order valence-corrected chi connectivity index (χ3v) is 4.88. The van der Waals surface area contributed by atoms with E-state index in [2.05, 4.69) is 11.0 Å². The molecule has 0 bridgehead atoms. The molecule has 0 amide bonds. The highest BCUT2D eigenvalue weighted by Crippen LogP contribution is 2.30. The normalized spacial score (nSPS) is 17.0. The largest absolute Gasteiger partial charge is 0.492 e. The fourth-order valence-electron chi connectivity index (χ4n) is 3.33. The molecule has 1 saturated heterocycles. The second kappa shape index (κ2) is 8.66. The van der Waals surface area contributed by atoms with Crippen LogP contribution in [0.3, 0.4) is 0 Å². The number of nitriles is 1. The summed E-state index contributed by atoms with van der Waals surface area (Å²) in [7, 11) is 0. The number of benzene rings is 2. The van der Waals surface area contributed by atoms with Gasteiger partial charge in [-0.15, -0.1) is 0 Å². The Bertz CT molecular complexity index is 686. The first-order valence-corrected chi connectivity index (χ1v) is 8.84. The molecule has 1 atom stereocenters. The lowest BCUT2D eigenvalue weighted by atomic mass is 9.87. The van der Waals surface area contributed by atoms with Crippen LogP contribution in [0.1, 0.15) is 30.1 Å². The predicted molar refractivity (Wildman–Crippen MR) is 97.2 cm³/mol. The SMILES string of the molecule is N#Cc1ccc(OCCN2CCC(C(O)c3ccccc3)CC2)cc1. The van der Waals surface area contributed by atoms with Crippen molar-refractivity contribution in [1.29, 1.82) is 5.26 Å². The Morgan fingerprint density at radius 3 is 2.40 bits per heavy atom. The van der Waals surface area contributed by atoms with Gasteiger partial charge in [0.1, 0.15) is 12.4 Å². The van der Waals surface area contributed by atoms with Gasteiger partial charge in [-0.1, -0.05) is 30.3 Å². The molecular formula is C21H24N2O2. The predicted octanol–water partition coefficient (Wildman–Crippen LogP) is 3.38. The third-order valence-electron chi connectivity index (χ3n) is 4.88. The summed E-state index contributed by atoms with van der Waals surface area (Å²) in [5.41, 5.74) is 1.66. The molecule has 0 spiro atoms. The van der Waals surface area contributed by atoms with E-state index < -0.39 is 0 Å². The molecule has 0 saturated carbocycles. The Morgan fingerprint density at radius 2 is 1.76 bits per heavy atom. The standard InChI is InChI=1S/C21H24N2O2/c22-16-17-6-8-20(9-7-17)25-15-14-23-12-10-19(11-13-23)21(24)18-4-2-1-3-5-18/h1-9,19,21,24H,10-15H2. The van der Waals surface area contributed by atoms with Crippen LogP contribution in [0, 0.1) is 17.2 Å². The van der Waals surface area contributed by atoms with E-state index >= 15 is 0 Å². The first-order valence-electron chi connectivity index (χ1n) is 8.84. The Morgan fingerprint density at radius 1 is 1.08 bits per heavy atom. The molecule has 1 aliphatic rings. The minimum atomic E-state index is -0.363. The molecular weight excluding hydrogens is 312 g/mol. The van der Waals surface area contributed by atoms with E-state index in [0.29, 0.717) is 18.1 Å². The van der Waals surface area contributed by atoms with E-state index in [0.717, 1.165) is 43.8 Å². The van der Waals surface area contributed by atoms with Gasteiger partial charge in [-0.05, 0) is 61.7 Å². The highest BCUT2D eigenvalue weighted by molar-refractivity contribution is 5.34. The van der Waals surface area contributed by atoms with Gasteiger partial charge in [-0.2, -0.15) is 5.26 Å². The smallest absolute Gasteiger partial charge is 0.119 e. The summed E-state index contributed by atoms with van der Waals surface area (Å²) in [5.74, 6) is 1.13. The lowest BCUT2D eigenvalue weighted by molar-refractivity contribution is 0.0550. The van der Waals surface area contributed by atoms with E-state index in [1.165, 1.54) is 0 Å². The van der Waals surface area contributed by atoms with Gasteiger partial charge < -0.3 is 9.84 Å². The molecule has 1 aliphatic heterocycles. The zero-order chi connectivity index (χ0) is 17.5. The summed E-state index contributed by atoms with van der Waals surface area (Å²) in [4.78, 5) is 2.39. The van der Waals surface area contributed by atoms with E-state index in [4.69, 9.17) is 10.00 Å². The van der Waals surface area contributed by atoms with Gasteiger partial charge in [-0.25, -0.2) is 0 Å². The molecule has 1 heterocycles. The number of aliphatic hydroxyl groups excluding tert-OH is 1. The van der Waals surface area contributed by atoms with Crippen LogP contribution in [0.2, 0.25) is 0 Å². The number of nitrogens with zero attached hydrogens (tertiary/aromatic N) is 2. The van der Waals surface area contributed by atoms with E-state index in [-0.39, 0.29) is 6.10 Å². The number of likely N-dealkylation sites (tertiary alicyclic amines) is 1. The van der Waals surface area contributed by atoms with Crippen molar-refractivity contribution in [2.45, 2.75) is 18.9 Å². The number of hydrogen-bond acceptors (Lipinski definition) is 4. The Hall–Kier alpha value is -2.35. The third kappa shape index (κ3) is 4.82. The molecule has 1 unspecified atom stereocenters. The van der Waals surface area contributed by atoms with Crippen molar-refractivity contribution in [3.05, 3.63) is 65.7 Å². The molecule has 25 heavy (non-hydrogen) atoms. The topological polar surface area (TPSA) is 56.5 Å². The molecule has 3 rings (SSSR count). The molecule has 2 aromatic carbocycles. The fourth-order valence-corrected chi connectivity index (χ4v) is 3.33. The first kappa shape index (κ1) is 17.5. The van der Waals surface area contributed by atoms with Crippen LogP contribution in [0.4, 0.5) is 0 Å². The molecule has 0 aromatic heterocycles. The lowest BCUT2D eigenvalue weighted by Crippen LogP contribution is -2.38. The van der Waals surface area contributed by atoms with Crippen molar-refractivity contribution >= 4 is 0 Å². The van der Waals surface area contributed by atoms with Gasteiger partial charge in [0.15, 0.2) is 0 Å². The summed E-state index contributed by atoms with van der Waals surface area (Å²) in [6.07, 6.45) is 1.65. The minimum absolute atomic E-state index is 0.332. The number of hydrogen-bond donors (Lipinski definition) is 1. The van der Waals surface area contributed by atoms with Crippen LogP contribution in [0.5, 0.6) is 5.75 Å². The van der Waals surface area contributed by atoms with Crippen LogP contribution >= 0.6 is 0 Å². The molecule has 1 N–H and O–H groups in total. The molecule has 130 valence electrons. The number of rotatable bonds is 6. The van der Waals surface area contributed by atoms with Crippen LogP contribution in [0.15, 0.2) is 54.6 Å². The molecule has 1 fully saturated rings.